The molecule has 1 saturated heterocycles. The number of amides is 1. The Balaban J connectivity index is 1.78. The Kier molecular flexibility index (Phi) is 4.09. The smallest absolute Gasteiger partial charge is 0.217 e. The van der Waals surface area contributed by atoms with E-state index in [2.05, 4.69) is 16.0 Å². The van der Waals surface area contributed by atoms with Crippen molar-refractivity contribution in [3.05, 3.63) is 30.1 Å². The number of rotatable bonds is 4. The summed E-state index contributed by atoms with van der Waals surface area (Å²) in [6.07, 6.45) is 6.39. The first-order valence-corrected chi connectivity index (χ1v) is 6.13. The van der Waals surface area contributed by atoms with E-state index < -0.39 is 0 Å². The van der Waals surface area contributed by atoms with Gasteiger partial charge in [-0.2, -0.15) is 0 Å². The van der Waals surface area contributed by atoms with E-state index in [1.165, 1.54) is 5.56 Å². The summed E-state index contributed by atoms with van der Waals surface area (Å²) in [4.78, 5) is 17.4. The fourth-order valence-corrected chi connectivity index (χ4v) is 2.38. The largest absolute Gasteiger partial charge is 0.370 e. The molecule has 0 spiro atoms. The van der Waals surface area contributed by atoms with Crippen molar-refractivity contribution in [2.24, 2.45) is 11.7 Å². The molecule has 2 heterocycles. The lowest BCUT2D eigenvalue weighted by molar-refractivity contribution is -0.119. The molecule has 1 aromatic heterocycles. The lowest BCUT2D eigenvalue weighted by Crippen LogP contribution is -2.34. The molecule has 1 fully saturated rings. The second kappa shape index (κ2) is 5.77. The number of likely N-dealkylation sites (tertiary alicyclic amines) is 1. The Morgan fingerprint density at radius 2 is 2.24 bits per heavy atom. The van der Waals surface area contributed by atoms with E-state index in [9.17, 15) is 4.79 Å². The van der Waals surface area contributed by atoms with Gasteiger partial charge in [0.2, 0.25) is 5.91 Å². The number of nitrogens with zero attached hydrogens (tertiary/aromatic N) is 2. The lowest BCUT2D eigenvalue weighted by atomic mass is 9.93. The fraction of sp³-hybridized carbons (Fsp3) is 0.538. The molecule has 0 aromatic carbocycles. The molecule has 1 aliphatic rings. The van der Waals surface area contributed by atoms with Crippen molar-refractivity contribution in [3.63, 3.8) is 0 Å². The van der Waals surface area contributed by atoms with Crippen molar-refractivity contribution >= 4 is 5.91 Å². The highest BCUT2D eigenvalue weighted by Gasteiger charge is 2.20. The van der Waals surface area contributed by atoms with E-state index in [0.29, 0.717) is 12.3 Å². The van der Waals surface area contributed by atoms with Gasteiger partial charge in [0.1, 0.15) is 0 Å². The summed E-state index contributed by atoms with van der Waals surface area (Å²) in [5.41, 5.74) is 6.47. The molecule has 4 heteroatoms. The number of hydrogen-bond acceptors (Lipinski definition) is 3. The Morgan fingerprint density at radius 1 is 1.47 bits per heavy atom. The third kappa shape index (κ3) is 3.82. The number of carbonyl (C=O) groups is 1. The molecule has 2 N–H and O–H groups in total. The van der Waals surface area contributed by atoms with E-state index in [0.717, 1.165) is 32.5 Å². The molecular weight excluding hydrogens is 214 g/mol. The fourth-order valence-electron chi connectivity index (χ4n) is 2.38. The van der Waals surface area contributed by atoms with E-state index in [1.807, 2.05) is 12.3 Å². The van der Waals surface area contributed by atoms with Gasteiger partial charge in [0.25, 0.3) is 0 Å². The minimum Gasteiger partial charge on any atom is -0.370 e. The van der Waals surface area contributed by atoms with Crippen LogP contribution >= 0.6 is 0 Å². The number of hydrogen-bond donors (Lipinski definition) is 1. The normalized spacial score (nSPS) is 18.1. The molecule has 4 nitrogen and oxygen atoms in total. The molecule has 0 bridgehead atoms. The van der Waals surface area contributed by atoms with Crippen LogP contribution in [-0.4, -0.2) is 28.9 Å². The lowest BCUT2D eigenvalue weighted by Gasteiger charge is -2.31. The molecule has 92 valence electrons. The first-order chi connectivity index (χ1) is 8.24. The summed E-state index contributed by atoms with van der Waals surface area (Å²) >= 11 is 0. The molecule has 0 unspecified atom stereocenters. The maximum absolute atomic E-state index is 10.8. The van der Waals surface area contributed by atoms with E-state index in [1.54, 1.807) is 6.20 Å². The molecule has 0 atom stereocenters. The van der Waals surface area contributed by atoms with Crippen LogP contribution in [0.1, 0.15) is 24.8 Å². The van der Waals surface area contributed by atoms with Crippen LogP contribution < -0.4 is 5.73 Å². The highest BCUT2D eigenvalue weighted by atomic mass is 16.1. The van der Waals surface area contributed by atoms with Gasteiger partial charge in [0.05, 0.1) is 0 Å². The van der Waals surface area contributed by atoms with Crippen molar-refractivity contribution in [1.82, 2.24) is 9.88 Å². The van der Waals surface area contributed by atoms with Gasteiger partial charge in [-0.05, 0) is 43.5 Å². The van der Waals surface area contributed by atoms with E-state index in [-0.39, 0.29) is 5.91 Å². The number of primary amides is 1. The second-order valence-electron chi connectivity index (χ2n) is 4.75. The number of nitrogens with two attached hydrogens (primary N) is 1. The van der Waals surface area contributed by atoms with Crippen molar-refractivity contribution in [3.8, 4) is 0 Å². The Labute approximate surface area is 102 Å². The van der Waals surface area contributed by atoms with Gasteiger partial charge in [-0.15, -0.1) is 0 Å². The highest BCUT2D eigenvalue weighted by Crippen LogP contribution is 2.21. The van der Waals surface area contributed by atoms with Crippen LogP contribution in [0, 0.1) is 5.92 Å². The quantitative estimate of drug-likeness (QED) is 0.849. The van der Waals surface area contributed by atoms with E-state index in [4.69, 9.17) is 5.73 Å². The van der Waals surface area contributed by atoms with Crippen molar-refractivity contribution in [2.75, 3.05) is 13.1 Å². The van der Waals surface area contributed by atoms with Crippen molar-refractivity contribution in [1.29, 1.82) is 0 Å². The maximum atomic E-state index is 10.8. The number of carbonyl (C=O) groups excluding carboxylic acids is 1. The molecule has 17 heavy (non-hydrogen) atoms. The zero-order chi connectivity index (χ0) is 12.1. The zero-order valence-electron chi connectivity index (χ0n) is 10.0. The Morgan fingerprint density at radius 3 is 2.82 bits per heavy atom. The van der Waals surface area contributed by atoms with Gasteiger partial charge in [-0.1, -0.05) is 6.07 Å². The summed E-state index contributed by atoms with van der Waals surface area (Å²) < 4.78 is 0. The number of aromatic nitrogens is 1. The average molecular weight is 233 g/mol. The minimum absolute atomic E-state index is 0.171. The molecule has 0 saturated carbocycles. The third-order valence-electron chi connectivity index (χ3n) is 3.33. The summed E-state index contributed by atoms with van der Waals surface area (Å²) in [5, 5.41) is 0. The summed E-state index contributed by atoms with van der Waals surface area (Å²) in [7, 11) is 0. The van der Waals surface area contributed by atoms with Crippen LogP contribution in [0.5, 0.6) is 0 Å². The minimum atomic E-state index is -0.171. The van der Waals surface area contributed by atoms with Crippen LogP contribution in [-0.2, 0) is 11.3 Å². The Hall–Kier alpha value is -1.42. The predicted octanol–water partition coefficient (Wildman–Crippen LogP) is 1.17. The van der Waals surface area contributed by atoms with Gasteiger partial charge in [0.15, 0.2) is 0 Å². The van der Waals surface area contributed by atoms with Gasteiger partial charge >= 0.3 is 0 Å². The third-order valence-corrected chi connectivity index (χ3v) is 3.33. The first-order valence-electron chi connectivity index (χ1n) is 6.13. The first kappa shape index (κ1) is 12.0. The average Bonchev–Trinajstić information content (AvgIpc) is 2.32. The maximum Gasteiger partial charge on any atom is 0.217 e. The molecule has 2 rings (SSSR count). The molecule has 1 aromatic rings. The van der Waals surface area contributed by atoms with Gasteiger partial charge < -0.3 is 5.73 Å². The van der Waals surface area contributed by atoms with Gasteiger partial charge in [0, 0.05) is 25.4 Å². The second-order valence-corrected chi connectivity index (χ2v) is 4.75. The molecule has 0 aliphatic carbocycles. The highest BCUT2D eigenvalue weighted by molar-refractivity contribution is 5.73. The van der Waals surface area contributed by atoms with Crippen LogP contribution in [0.4, 0.5) is 0 Å². The SMILES string of the molecule is NC(=O)CC1CCN(Cc2cccnc2)CC1. The molecule has 1 aliphatic heterocycles. The summed E-state index contributed by atoms with van der Waals surface area (Å²) in [6.45, 7) is 3.05. The van der Waals surface area contributed by atoms with Crippen LogP contribution in [0.3, 0.4) is 0 Å². The van der Waals surface area contributed by atoms with Crippen LogP contribution in [0.2, 0.25) is 0 Å². The van der Waals surface area contributed by atoms with E-state index >= 15 is 0 Å². The monoisotopic (exact) mass is 233 g/mol. The molecular formula is C13H19N3O. The van der Waals surface area contributed by atoms with Gasteiger partial charge in [-0.25, -0.2) is 0 Å². The van der Waals surface area contributed by atoms with Crippen LogP contribution in [0.25, 0.3) is 0 Å². The standard InChI is InChI=1S/C13H19N3O/c14-13(17)8-11-3-6-16(7-4-11)10-12-2-1-5-15-9-12/h1-2,5,9,11H,3-4,6-8,10H2,(H2,14,17). The number of pyridine rings is 1. The Bertz CT molecular complexity index is 358. The number of piperidine rings is 1. The summed E-state index contributed by atoms with van der Waals surface area (Å²) in [6, 6.07) is 4.07. The van der Waals surface area contributed by atoms with Crippen LogP contribution in [0.15, 0.2) is 24.5 Å². The summed E-state index contributed by atoms with van der Waals surface area (Å²) in [5.74, 6) is 0.313. The molecule has 0 radical (unpaired) electrons. The topological polar surface area (TPSA) is 59.2 Å². The zero-order valence-corrected chi connectivity index (χ0v) is 10.0. The van der Waals surface area contributed by atoms with Crippen molar-refractivity contribution in [2.45, 2.75) is 25.8 Å². The van der Waals surface area contributed by atoms with Crippen molar-refractivity contribution < 1.29 is 4.79 Å². The molecule has 1 amide bonds. The predicted molar refractivity (Wildman–Crippen MR) is 66.0 cm³/mol. The van der Waals surface area contributed by atoms with Gasteiger partial charge in [-0.3, -0.25) is 14.7 Å².